The molecule has 178 valence electrons. The van der Waals surface area contributed by atoms with Crippen LogP contribution >= 0.6 is 0 Å². The highest BCUT2D eigenvalue weighted by atomic mass is 19.4. The minimum absolute atomic E-state index is 0.0374. The molecular weight excluding hydrogens is 462 g/mol. The fourth-order valence-corrected chi connectivity index (χ4v) is 3.23. The lowest BCUT2D eigenvalue weighted by molar-refractivity contribution is -0.143. The van der Waals surface area contributed by atoms with Crippen molar-refractivity contribution in [2.45, 2.75) is 38.5 Å². The van der Waals surface area contributed by atoms with E-state index in [0.717, 1.165) is 4.68 Å². The van der Waals surface area contributed by atoms with Crippen LogP contribution in [0.5, 0.6) is 0 Å². The zero-order valence-corrected chi connectivity index (χ0v) is 18.1. The quantitative estimate of drug-likeness (QED) is 0.361. The molecule has 0 radical (unpaired) electrons. The molecule has 5 nitrogen and oxygen atoms in total. The van der Waals surface area contributed by atoms with E-state index < -0.39 is 45.9 Å². The van der Waals surface area contributed by atoms with E-state index in [1.807, 2.05) is 0 Å². The number of aromatic nitrogens is 2. The summed E-state index contributed by atoms with van der Waals surface area (Å²) in [5.41, 5.74) is -5.60. The standard InChI is InChI=1S/C23H18F6N4O/c1-21(2,3)19-18(20(34)33(32-19)16-7-5-4-6-8-16)17(12-30)31-15-10-13(22(24,25)26)9-14(11-15)23(27,28)29/h4-11,32H,1-3H3. The van der Waals surface area contributed by atoms with Crippen LogP contribution < -0.4 is 5.56 Å². The van der Waals surface area contributed by atoms with Crippen molar-refractivity contribution in [3.05, 3.63) is 81.3 Å². The third-order valence-corrected chi connectivity index (χ3v) is 4.81. The molecule has 3 aromatic rings. The Morgan fingerprint density at radius 3 is 1.91 bits per heavy atom. The zero-order valence-electron chi connectivity index (χ0n) is 18.1. The first-order chi connectivity index (χ1) is 15.6. The van der Waals surface area contributed by atoms with Gasteiger partial charge < -0.3 is 0 Å². The Morgan fingerprint density at radius 1 is 0.941 bits per heavy atom. The van der Waals surface area contributed by atoms with E-state index >= 15 is 0 Å². The molecule has 0 saturated carbocycles. The van der Waals surface area contributed by atoms with Gasteiger partial charge in [0.05, 0.1) is 33.8 Å². The number of hydrogen-bond donors (Lipinski definition) is 1. The number of alkyl halides is 6. The summed E-state index contributed by atoms with van der Waals surface area (Å²) in [5, 5.41) is 12.6. The number of nitriles is 1. The number of aliphatic imine (C=N–C) groups is 1. The van der Waals surface area contributed by atoms with Gasteiger partial charge in [-0.15, -0.1) is 0 Å². The van der Waals surface area contributed by atoms with Crippen molar-refractivity contribution in [2.24, 2.45) is 4.99 Å². The van der Waals surface area contributed by atoms with E-state index in [1.165, 1.54) is 0 Å². The number of aromatic amines is 1. The minimum atomic E-state index is -5.08. The summed E-state index contributed by atoms with van der Waals surface area (Å²) >= 11 is 0. The number of halogens is 6. The highest BCUT2D eigenvalue weighted by Crippen LogP contribution is 2.38. The molecule has 2 aromatic carbocycles. The van der Waals surface area contributed by atoms with Crippen molar-refractivity contribution in [3.63, 3.8) is 0 Å². The fourth-order valence-electron chi connectivity index (χ4n) is 3.23. The number of hydrogen-bond acceptors (Lipinski definition) is 3. The Balaban J connectivity index is 2.30. The molecule has 0 atom stereocenters. The molecule has 0 bridgehead atoms. The van der Waals surface area contributed by atoms with Crippen LogP contribution in [0, 0.1) is 11.3 Å². The lowest BCUT2D eigenvalue weighted by atomic mass is 9.88. The van der Waals surface area contributed by atoms with Crippen LogP contribution in [0.2, 0.25) is 0 Å². The van der Waals surface area contributed by atoms with Crippen LogP contribution in [0.15, 0.2) is 58.3 Å². The predicted molar refractivity (Wildman–Crippen MR) is 113 cm³/mol. The van der Waals surface area contributed by atoms with Gasteiger partial charge in [0.15, 0.2) is 5.71 Å². The number of para-hydroxylation sites is 1. The van der Waals surface area contributed by atoms with Crippen molar-refractivity contribution in [1.29, 1.82) is 5.26 Å². The summed E-state index contributed by atoms with van der Waals surface area (Å²) in [5.74, 6) is 0. The average molecular weight is 480 g/mol. The molecule has 3 rings (SSSR count). The molecule has 0 aliphatic heterocycles. The van der Waals surface area contributed by atoms with Crippen LogP contribution in [0.25, 0.3) is 5.69 Å². The molecule has 0 aliphatic rings. The van der Waals surface area contributed by atoms with Crippen molar-refractivity contribution in [1.82, 2.24) is 9.78 Å². The number of H-pyrrole nitrogens is 1. The maximum atomic E-state index is 13.2. The number of benzene rings is 2. The van der Waals surface area contributed by atoms with Gasteiger partial charge in [0.25, 0.3) is 5.56 Å². The zero-order chi connectivity index (χ0) is 25.5. The Labute approximate surface area is 190 Å². The summed E-state index contributed by atoms with van der Waals surface area (Å²) in [6.07, 6.45) is -10.2. The van der Waals surface area contributed by atoms with Gasteiger partial charge in [-0.3, -0.25) is 9.89 Å². The van der Waals surface area contributed by atoms with E-state index in [1.54, 1.807) is 57.2 Å². The van der Waals surface area contributed by atoms with Gasteiger partial charge in [0.2, 0.25) is 0 Å². The molecule has 0 saturated heterocycles. The van der Waals surface area contributed by atoms with Gasteiger partial charge in [-0.25, -0.2) is 9.67 Å². The number of rotatable bonds is 3. The van der Waals surface area contributed by atoms with Gasteiger partial charge in [0, 0.05) is 5.41 Å². The molecule has 1 heterocycles. The summed E-state index contributed by atoms with van der Waals surface area (Å²) < 4.78 is 80.4. The molecule has 34 heavy (non-hydrogen) atoms. The fraction of sp³-hybridized carbons (Fsp3) is 0.261. The van der Waals surface area contributed by atoms with Gasteiger partial charge in [-0.1, -0.05) is 39.0 Å². The van der Waals surface area contributed by atoms with Crippen LogP contribution in [0.4, 0.5) is 32.0 Å². The first-order valence-electron chi connectivity index (χ1n) is 9.82. The molecule has 1 aromatic heterocycles. The summed E-state index contributed by atoms with van der Waals surface area (Å²) in [6, 6.07) is 10.7. The van der Waals surface area contributed by atoms with Crippen molar-refractivity contribution in [2.75, 3.05) is 0 Å². The first kappa shape index (κ1) is 24.8. The largest absolute Gasteiger partial charge is 0.416 e. The topological polar surface area (TPSA) is 73.9 Å². The second-order valence-electron chi connectivity index (χ2n) is 8.42. The van der Waals surface area contributed by atoms with Gasteiger partial charge >= 0.3 is 12.4 Å². The summed E-state index contributed by atoms with van der Waals surface area (Å²) in [7, 11) is 0. The minimum Gasteiger partial charge on any atom is -0.294 e. The maximum absolute atomic E-state index is 13.2. The van der Waals surface area contributed by atoms with E-state index in [0.29, 0.717) is 17.8 Å². The SMILES string of the molecule is CC(C)(C)c1[nH]n(-c2ccccc2)c(=O)c1C(C#N)=Nc1cc(C(F)(F)F)cc(C(F)(F)F)c1. The van der Waals surface area contributed by atoms with Gasteiger partial charge in [-0.05, 0) is 30.3 Å². The highest BCUT2D eigenvalue weighted by Gasteiger charge is 2.37. The smallest absolute Gasteiger partial charge is 0.294 e. The van der Waals surface area contributed by atoms with Crippen LogP contribution in [-0.2, 0) is 17.8 Å². The third kappa shape index (κ3) is 5.06. The molecule has 0 amide bonds. The van der Waals surface area contributed by atoms with Crippen LogP contribution in [-0.4, -0.2) is 15.5 Å². The van der Waals surface area contributed by atoms with Gasteiger partial charge in [-0.2, -0.15) is 31.6 Å². The second kappa shape index (κ2) is 8.52. The Hall–Kier alpha value is -3.81. The maximum Gasteiger partial charge on any atom is 0.416 e. The molecule has 0 fully saturated rings. The normalized spacial score (nSPS) is 13.1. The molecule has 0 aliphatic carbocycles. The second-order valence-corrected chi connectivity index (χ2v) is 8.42. The van der Waals surface area contributed by atoms with Gasteiger partial charge in [0.1, 0.15) is 6.07 Å². The predicted octanol–water partition coefficient (Wildman–Crippen LogP) is 6.15. The van der Waals surface area contributed by atoms with Crippen LogP contribution in [0.1, 0.15) is 43.2 Å². The number of nitrogens with one attached hydrogen (secondary N) is 1. The van der Waals surface area contributed by atoms with Crippen LogP contribution in [0.3, 0.4) is 0 Å². The van der Waals surface area contributed by atoms with Crippen molar-refractivity contribution >= 4 is 11.4 Å². The van der Waals surface area contributed by atoms with Crippen molar-refractivity contribution < 1.29 is 26.3 Å². The average Bonchev–Trinajstić information content (AvgIpc) is 3.08. The molecule has 0 spiro atoms. The van der Waals surface area contributed by atoms with E-state index in [9.17, 15) is 36.4 Å². The first-order valence-corrected chi connectivity index (χ1v) is 9.82. The van der Waals surface area contributed by atoms with Crippen molar-refractivity contribution in [3.8, 4) is 11.8 Å². The monoisotopic (exact) mass is 480 g/mol. The lowest BCUT2D eigenvalue weighted by Crippen LogP contribution is -2.22. The number of nitrogens with zero attached hydrogens (tertiary/aromatic N) is 3. The van der Waals surface area contributed by atoms with E-state index in [-0.39, 0.29) is 17.3 Å². The molecular formula is C23H18F6N4O. The van der Waals surface area contributed by atoms with E-state index in [2.05, 4.69) is 10.1 Å². The third-order valence-electron chi connectivity index (χ3n) is 4.81. The Bertz CT molecular complexity index is 1300. The molecule has 0 unspecified atom stereocenters. The Kier molecular flexibility index (Phi) is 6.22. The highest BCUT2D eigenvalue weighted by molar-refractivity contribution is 6.13. The van der Waals surface area contributed by atoms with E-state index in [4.69, 9.17) is 0 Å². The molecule has 11 heteroatoms. The lowest BCUT2D eigenvalue weighted by Gasteiger charge is -2.18. The molecule has 1 N–H and O–H groups in total. The summed E-state index contributed by atoms with van der Waals surface area (Å²) in [6.45, 7) is 5.16. The Morgan fingerprint density at radius 2 is 1.47 bits per heavy atom. The summed E-state index contributed by atoms with van der Waals surface area (Å²) in [4.78, 5) is 17.0.